The summed E-state index contributed by atoms with van der Waals surface area (Å²) >= 11 is 1.61. The van der Waals surface area contributed by atoms with Gasteiger partial charge in [0.15, 0.2) is 5.13 Å². The number of aliphatic carboxylic acids is 1. The average molecular weight is 240 g/mol. The maximum atomic E-state index is 10.4. The Morgan fingerprint density at radius 2 is 2.44 bits per heavy atom. The number of aromatic nitrogens is 1. The van der Waals surface area contributed by atoms with E-state index in [1.54, 1.807) is 11.3 Å². The molecule has 1 aromatic heterocycles. The molecule has 0 unspecified atom stereocenters. The highest BCUT2D eigenvalue weighted by Crippen LogP contribution is 2.30. The molecular weight excluding hydrogens is 224 g/mol. The third kappa shape index (κ3) is 2.52. The number of anilines is 1. The zero-order valence-electron chi connectivity index (χ0n) is 9.35. The summed E-state index contributed by atoms with van der Waals surface area (Å²) in [6, 6.07) is 0.637. The number of carbonyl (C=O) groups is 1. The van der Waals surface area contributed by atoms with E-state index >= 15 is 0 Å². The molecule has 88 valence electrons. The first-order valence-corrected chi connectivity index (χ1v) is 6.44. The van der Waals surface area contributed by atoms with E-state index in [0.717, 1.165) is 10.8 Å². The van der Waals surface area contributed by atoms with Gasteiger partial charge in [0.2, 0.25) is 0 Å². The fourth-order valence-electron chi connectivity index (χ4n) is 1.74. The van der Waals surface area contributed by atoms with Crippen molar-refractivity contribution in [2.24, 2.45) is 0 Å². The van der Waals surface area contributed by atoms with Gasteiger partial charge in [-0.1, -0.05) is 0 Å². The standard InChI is InChI=1S/C11H16N2O2S/c1-13(9-3-2-4-9)11-12-8(7-16-11)5-6-10(14)15/h7,9H,2-6H2,1H3,(H,14,15). The smallest absolute Gasteiger partial charge is 0.303 e. The lowest BCUT2D eigenvalue weighted by molar-refractivity contribution is -0.136. The van der Waals surface area contributed by atoms with Crippen LogP contribution in [0, 0.1) is 0 Å². The minimum atomic E-state index is -0.762. The van der Waals surface area contributed by atoms with Gasteiger partial charge in [0.1, 0.15) is 0 Å². The van der Waals surface area contributed by atoms with Crippen LogP contribution in [0.3, 0.4) is 0 Å². The zero-order chi connectivity index (χ0) is 11.5. The number of rotatable bonds is 5. The van der Waals surface area contributed by atoms with Crippen LogP contribution in [-0.2, 0) is 11.2 Å². The van der Waals surface area contributed by atoms with Gasteiger partial charge in [-0.15, -0.1) is 11.3 Å². The summed E-state index contributed by atoms with van der Waals surface area (Å²) in [6.45, 7) is 0. The van der Waals surface area contributed by atoms with E-state index in [2.05, 4.69) is 16.9 Å². The van der Waals surface area contributed by atoms with E-state index in [0.29, 0.717) is 12.5 Å². The van der Waals surface area contributed by atoms with Gasteiger partial charge in [-0.2, -0.15) is 0 Å². The molecule has 0 atom stereocenters. The molecule has 1 aliphatic carbocycles. The van der Waals surface area contributed by atoms with E-state index < -0.39 is 5.97 Å². The predicted molar refractivity (Wildman–Crippen MR) is 64.1 cm³/mol. The monoisotopic (exact) mass is 240 g/mol. The lowest BCUT2D eigenvalue weighted by atomic mass is 9.92. The lowest BCUT2D eigenvalue weighted by Gasteiger charge is -2.34. The molecule has 1 aliphatic rings. The topological polar surface area (TPSA) is 53.4 Å². The first-order valence-electron chi connectivity index (χ1n) is 5.56. The first kappa shape index (κ1) is 11.4. The Balaban J connectivity index is 1.93. The summed E-state index contributed by atoms with van der Waals surface area (Å²) in [5.74, 6) is -0.762. The molecule has 0 spiro atoms. The molecule has 0 radical (unpaired) electrons. The number of thiazole rings is 1. The van der Waals surface area contributed by atoms with Crippen LogP contribution < -0.4 is 4.90 Å². The Bertz CT molecular complexity index is 374. The summed E-state index contributed by atoms with van der Waals surface area (Å²) in [7, 11) is 2.07. The van der Waals surface area contributed by atoms with Gasteiger partial charge in [-0.25, -0.2) is 4.98 Å². The Hall–Kier alpha value is -1.10. The average Bonchev–Trinajstić information content (AvgIpc) is 2.60. The molecule has 4 nitrogen and oxygen atoms in total. The van der Waals surface area contributed by atoms with Crippen LogP contribution in [0.1, 0.15) is 31.4 Å². The van der Waals surface area contributed by atoms with Crippen LogP contribution in [0.15, 0.2) is 5.38 Å². The molecule has 5 heteroatoms. The van der Waals surface area contributed by atoms with E-state index in [-0.39, 0.29) is 6.42 Å². The molecule has 2 rings (SSSR count). The molecule has 0 aliphatic heterocycles. The third-order valence-electron chi connectivity index (χ3n) is 3.06. The quantitative estimate of drug-likeness (QED) is 0.856. The number of hydrogen-bond acceptors (Lipinski definition) is 4. The summed E-state index contributed by atoms with van der Waals surface area (Å²) in [4.78, 5) is 17.1. The van der Waals surface area contributed by atoms with Crippen LogP contribution in [0.2, 0.25) is 0 Å². The highest BCUT2D eigenvalue weighted by Gasteiger charge is 2.23. The maximum Gasteiger partial charge on any atom is 0.303 e. The maximum absolute atomic E-state index is 10.4. The molecule has 16 heavy (non-hydrogen) atoms. The molecule has 1 aromatic rings. The second kappa shape index (κ2) is 4.82. The van der Waals surface area contributed by atoms with Crippen LogP contribution in [0.5, 0.6) is 0 Å². The third-order valence-corrected chi connectivity index (χ3v) is 4.04. The second-order valence-corrected chi connectivity index (χ2v) is 5.05. The Morgan fingerprint density at radius 1 is 1.69 bits per heavy atom. The highest BCUT2D eigenvalue weighted by atomic mass is 32.1. The van der Waals surface area contributed by atoms with Gasteiger partial charge in [0, 0.05) is 24.9 Å². The molecular formula is C11H16N2O2S. The van der Waals surface area contributed by atoms with Crippen LogP contribution in [0.25, 0.3) is 0 Å². The van der Waals surface area contributed by atoms with E-state index in [4.69, 9.17) is 5.11 Å². The summed E-state index contributed by atoms with van der Waals surface area (Å²) in [6.07, 6.45) is 4.51. The number of nitrogens with zero attached hydrogens (tertiary/aromatic N) is 2. The van der Waals surface area contributed by atoms with Crippen molar-refractivity contribution in [3.05, 3.63) is 11.1 Å². The van der Waals surface area contributed by atoms with Crippen molar-refractivity contribution in [1.82, 2.24) is 4.98 Å². The van der Waals surface area contributed by atoms with Crippen molar-refractivity contribution in [3.63, 3.8) is 0 Å². The van der Waals surface area contributed by atoms with Crippen LogP contribution in [0.4, 0.5) is 5.13 Å². The normalized spacial score (nSPS) is 15.8. The van der Waals surface area contributed by atoms with Crippen molar-refractivity contribution in [1.29, 1.82) is 0 Å². The number of carboxylic acids is 1. The number of carboxylic acid groups (broad SMARTS) is 1. The molecule has 0 saturated heterocycles. The fraction of sp³-hybridized carbons (Fsp3) is 0.636. The fourth-order valence-corrected chi connectivity index (χ4v) is 2.64. The van der Waals surface area contributed by atoms with E-state index in [9.17, 15) is 4.79 Å². The summed E-state index contributed by atoms with van der Waals surface area (Å²) < 4.78 is 0. The predicted octanol–water partition coefficient (Wildman–Crippen LogP) is 2.15. The van der Waals surface area contributed by atoms with Gasteiger partial charge in [-0.3, -0.25) is 4.79 Å². The van der Waals surface area contributed by atoms with Gasteiger partial charge < -0.3 is 10.0 Å². The van der Waals surface area contributed by atoms with Crippen LogP contribution >= 0.6 is 11.3 Å². The van der Waals surface area contributed by atoms with Crippen molar-refractivity contribution in [2.45, 2.75) is 38.1 Å². The van der Waals surface area contributed by atoms with E-state index in [1.165, 1.54) is 19.3 Å². The Labute approximate surface area is 98.9 Å². The second-order valence-electron chi connectivity index (χ2n) is 4.21. The molecule has 0 amide bonds. The SMILES string of the molecule is CN(c1nc(CCC(=O)O)cs1)C1CCC1. The van der Waals surface area contributed by atoms with Gasteiger partial charge >= 0.3 is 5.97 Å². The van der Waals surface area contributed by atoms with Gasteiger partial charge in [0.05, 0.1) is 12.1 Å². The summed E-state index contributed by atoms with van der Waals surface area (Å²) in [5, 5.41) is 11.6. The molecule has 0 aromatic carbocycles. The zero-order valence-corrected chi connectivity index (χ0v) is 10.2. The van der Waals surface area contributed by atoms with Crippen molar-refractivity contribution < 1.29 is 9.90 Å². The summed E-state index contributed by atoms with van der Waals surface area (Å²) in [5.41, 5.74) is 0.897. The van der Waals surface area contributed by atoms with Crippen molar-refractivity contribution in [2.75, 3.05) is 11.9 Å². The molecule has 0 bridgehead atoms. The minimum absolute atomic E-state index is 0.163. The Morgan fingerprint density at radius 3 is 3.00 bits per heavy atom. The van der Waals surface area contributed by atoms with Crippen LogP contribution in [-0.4, -0.2) is 29.1 Å². The van der Waals surface area contributed by atoms with Gasteiger partial charge in [0.25, 0.3) is 0 Å². The molecule has 1 fully saturated rings. The Kier molecular flexibility index (Phi) is 3.43. The number of aryl methyl sites for hydroxylation is 1. The van der Waals surface area contributed by atoms with E-state index in [1.807, 2.05) is 5.38 Å². The molecule has 1 heterocycles. The highest BCUT2D eigenvalue weighted by molar-refractivity contribution is 7.13. The lowest BCUT2D eigenvalue weighted by Crippen LogP contribution is -2.37. The molecule has 1 N–H and O–H groups in total. The van der Waals surface area contributed by atoms with Crippen molar-refractivity contribution in [3.8, 4) is 0 Å². The minimum Gasteiger partial charge on any atom is -0.481 e. The first-order chi connectivity index (χ1) is 7.66. The molecule has 1 saturated carbocycles. The van der Waals surface area contributed by atoms with Gasteiger partial charge in [-0.05, 0) is 19.3 Å². The van der Waals surface area contributed by atoms with Crippen molar-refractivity contribution >= 4 is 22.4 Å². The number of hydrogen-bond donors (Lipinski definition) is 1. The largest absolute Gasteiger partial charge is 0.481 e.